The minimum Gasteiger partial charge on any atom is -0.339 e. The molecular formula is C21H21FN6O2. The highest BCUT2D eigenvalue weighted by Crippen LogP contribution is 2.48. The van der Waals surface area contributed by atoms with Crippen molar-refractivity contribution in [2.24, 2.45) is 0 Å². The number of alkyl halides is 1. The van der Waals surface area contributed by atoms with Crippen LogP contribution in [0.4, 0.5) is 10.3 Å². The zero-order chi connectivity index (χ0) is 20.3. The first-order chi connectivity index (χ1) is 14.7. The monoisotopic (exact) mass is 408 g/mol. The van der Waals surface area contributed by atoms with Crippen LogP contribution in [0.3, 0.4) is 0 Å². The summed E-state index contributed by atoms with van der Waals surface area (Å²) in [7, 11) is 0. The van der Waals surface area contributed by atoms with Gasteiger partial charge < -0.3 is 14.5 Å². The molecule has 3 fully saturated rings. The Kier molecular flexibility index (Phi) is 3.83. The average molecular weight is 408 g/mol. The number of halogens is 1. The summed E-state index contributed by atoms with van der Waals surface area (Å²) >= 11 is 0. The number of hydrogen-bond acceptors (Lipinski definition) is 6. The molecule has 1 amide bonds. The summed E-state index contributed by atoms with van der Waals surface area (Å²) in [5.41, 5.74) is 0.310. The van der Waals surface area contributed by atoms with Crippen molar-refractivity contribution in [2.75, 3.05) is 18.0 Å². The lowest BCUT2D eigenvalue weighted by Gasteiger charge is -2.40. The van der Waals surface area contributed by atoms with Crippen molar-refractivity contribution in [2.45, 2.75) is 43.3 Å². The van der Waals surface area contributed by atoms with Crippen LogP contribution in [0.5, 0.6) is 0 Å². The number of fused-ring (bicyclic) bond motifs is 2. The molecule has 2 unspecified atom stereocenters. The number of aromatic nitrogens is 4. The fourth-order valence-electron chi connectivity index (χ4n) is 5.08. The van der Waals surface area contributed by atoms with E-state index in [4.69, 9.17) is 4.74 Å². The lowest BCUT2D eigenvalue weighted by atomic mass is 9.88. The van der Waals surface area contributed by atoms with Gasteiger partial charge in [-0.15, -0.1) is 0 Å². The first-order valence-corrected chi connectivity index (χ1v) is 10.3. The molecule has 0 saturated carbocycles. The molecule has 154 valence electrons. The van der Waals surface area contributed by atoms with Crippen molar-refractivity contribution in [3.05, 3.63) is 54.5 Å². The van der Waals surface area contributed by atoms with E-state index in [2.05, 4.69) is 15.1 Å². The minimum atomic E-state index is -1.46. The molecule has 9 heteroatoms. The van der Waals surface area contributed by atoms with E-state index in [-0.39, 0.29) is 31.1 Å². The molecule has 30 heavy (non-hydrogen) atoms. The molecule has 3 aliphatic rings. The number of rotatable bonds is 2. The minimum absolute atomic E-state index is 0.0221. The van der Waals surface area contributed by atoms with Crippen LogP contribution in [0.2, 0.25) is 0 Å². The first kappa shape index (κ1) is 17.8. The van der Waals surface area contributed by atoms with Crippen molar-refractivity contribution in [3.63, 3.8) is 0 Å². The van der Waals surface area contributed by atoms with Crippen molar-refractivity contribution >= 4 is 17.5 Å². The maximum absolute atomic E-state index is 15.6. The summed E-state index contributed by atoms with van der Waals surface area (Å²) in [6.07, 6.45) is 3.09. The highest BCUT2D eigenvalue weighted by atomic mass is 19.1. The topological polar surface area (TPSA) is 75.9 Å². The Balaban J connectivity index is 1.27. The molecule has 8 nitrogen and oxygen atoms in total. The number of carbonyl (C=O) groups is 1. The fourth-order valence-corrected chi connectivity index (χ4v) is 5.08. The maximum Gasteiger partial charge on any atom is 0.260 e. The predicted molar refractivity (Wildman–Crippen MR) is 105 cm³/mol. The van der Waals surface area contributed by atoms with Crippen molar-refractivity contribution in [3.8, 4) is 0 Å². The lowest BCUT2D eigenvalue weighted by Crippen LogP contribution is -2.59. The summed E-state index contributed by atoms with van der Waals surface area (Å²) in [5, 5.41) is 4.23. The van der Waals surface area contributed by atoms with Crippen LogP contribution in [-0.4, -0.2) is 61.5 Å². The Morgan fingerprint density at radius 1 is 1.13 bits per heavy atom. The van der Waals surface area contributed by atoms with Crippen LogP contribution in [0.1, 0.15) is 30.9 Å². The number of hydrogen-bond donors (Lipinski definition) is 0. The van der Waals surface area contributed by atoms with Gasteiger partial charge in [0.15, 0.2) is 17.4 Å². The molecule has 1 aromatic carbocycles. The largest absolute Gasteiger partial charge is 0.339 e. The Labute approximate surface area is 172 Å². The molecular weight excluding hydrogens is 387 g/mol. The van der Waals surface area contributed by atoms with Crippen molar-refractivity contribution < 1.29 is 13.9 Å². The Morgan fingerprint density at radius 2 is 2.00 bits per heavy atom. The molecule has 0 radical (unpaired) electrons. The van der Waals surface area contributed by atoms with Crippen LogP contribution in [0, 0.1) is 0 Å². The number of ether oxygens (including phenoxy) is 1. The zero-order valence-corrected chi connectivity index (χ0v) is 16.3. The number of piperidine rings is 1. The quantitative estimate of drug-likeness (QED) is 0.647. The molecule has 3 aromatic rings. The number of amides is 1. The van der Waals surface area contributed by atoms with E-state index in [0.29, 0.717) is 18.1 Å². The molecule has 4 atom stereocenters. The maximum atomic E-state index is 15.6. The van der Waals surface area contributed by atoms with E-state index >= 15 is 4.39 Å². The second-order valence-electron chi connectivity index (χ2n) is 8.12. The van der Waals surface area contributed by atoms with Crippen LogP contribution in [0.25, 0.3) is 5.65 Å². The molecule has 3 saturated heterocycles. The van der Waals surface area contributed by atoms with Gasteiger partial charge in [-0.3, -0.25) is 4.79 Å². The summed E-state index contributed by atoms with van der Waals surface area (Å²) < 4.78 is 23.4. The van der Waals surface area contributed by atoms with E-state index in [9.17, 15) is 4.79 Å². The van der Waals surface area contributed by atoms with Gasteiger partial charge in [-0.25, -0.2) is 14.4 Å². The van der Waals surface area contributed by atoms with E-state index in [1.807, 2.05) is 35.2 Å². The lowest BCUT2D eigenvalue weighted by molar-refractivity contribution is -0.148. The van der Waals surface area contributed by atoms with E-state index in [1.165, 1.54) is 6.33 Å². The molecule has 0 bridgehead atoms. The summed E-state index contributed by atoms with van der Waals surface area (Å²) in [4.78, 5) is 25.5. The highest BCUT2D eigenvalue weighted by molar-refractivity contribution is 5.89. The van der Waals surface area contributed by atoms with Crippen LogP contribution in [0.15, 0.2) is 48.9 Å². The van der Waals surface area contributed by atoms with Gasteiger partial charge in [0.25, 0.3) is 5.91 Å². The van der Waals surface area contributed by atoms with Gasteiger partial charge in [0.2, 0.25) is 5.95 Å². The Morgan fingerprint density at radius 3 is 2.83 bits per heavy atom. The van der Waals surface area contributed by atoms with Crippen molar-refractivity contribution in [1.82, 2.24) is 24.5 Å². The van der Waals surface area contributed by atoms with Gasteiger partial charge in [-0.05, 0) is 18.4 Å². The normalized spacial score (nSPS) is 31.1. The number of benzene rings is 1. The van der Waals surface area contributed by atoms with Crippen molar-refractivity contribution in [1.29, 1.82) is 0 Å². The average Bonchev–Trinajstić information content (AvgIpc) is 3.47. The Hall–Kier alpha value is -3.07. The number of anilines is 1. The van der Waals surface area contributed by atoms with Crippen LogP contribution >= 0.6 is 0 Å². The molecule has 5 heterocycles. The van der Waals surface area contributed by atoms with Gasteiger partial charge in [-0.1, -0.05) is 30.3 Å². The van der Waals surface area contributed by atoms with Gasteiger partial charge in [0.1, 0.15) is 12.6 Å². The standard InChI is InChI=1S/C21H21FN6O2/c22-16-12-26(20-24-13-23-17-8-10-25-28(17)20)11-9-21(16)19(29)27-15(6-7-18(27)30-21)14-4-2-1-3-5-14/h1-5,8,10,13,15-16,18H,6-7,9,11-12H2/t15-,16?,18+,21?/m0/s1. The van der Waals surface area contributed by atoms with E-state index in [1.54, 1.807) is 21.7 Å². The van der Waals surface area contributed by atoms with E-state index < -0.39 is 11.8 Å². The SMILES string of the molecule is O=C1N2[C@@H](CC[C@H]2c2ccccc2)OC12CCN(c1ncnc3ccnn13)CC2F. The summed E-state index contributed by atoms with van der Waals surface area (Å²) in [6.45, 7) is 0.475. The third kappa shape index (κ3) is 2.41. The second-order valence-corrected chi connectivity index (χ2v) is 8.12. The molecule has 6 rings (SSSR count). The van der Waals surface area contributed by atoms with Crippen LogP contribution in [-0.2, 0) is 9.53 Å². The second kappa shape index (κ2) is 6.46. The Bertz CT molecular complexity index is 1110. The first-order valence-electron chi connectivity index (χ1n) is 10.3. The molecule has 0 N–H and O–H groups in total. The zero-order valence-electron chi connectivity index (χ0n) is 16.3. The van der Waals surface area contributed by atoms with Gasteiger partial charge >= 0.3 is 0 Å². The van der Waals surface area contributed by atoms with Gasteiger partial charge in [0.05, 0.1) is 18.8 Å². The number of carbonyl (C=O) groups excluding carboxylic acids is 1. The molecule has 0 aliphatic carbocycles. The molecule has 2 aromatic heterocycles. The number of nitrogens with zero attached hydrogens (tertiary/aromatic N) is 6. The third-order valence-electron chi connectivity index (χ3n) is 6.56. The van der Waals surface area contributed by atoms with Gasteiger partial charge in [0, 0.05) is 19.0 Å². The van der Waals surface area contributed by atoms with Gasteiger partial charge in [-0.2, -0.15) is 9.61 Å². The molecule has 1 spiro atoms. The van der Waals surface area contributed by atoms with E-state index in [0.717, 1.165) is 18.4 Å². The summed E-state index contributed by atoms with van der Waals surface area (Å²) in [5.74, 6) is 0.300. The highest BCUT2D eigenvalue weighted by Gasteiger charge is 2.62. The smallest absolute Gasteiger partial charge is 0.260 e. The predicted octanol–water partition coefficient (Wildman–Crippen LogP) is 2.13. The summed E-state index contributed by atoms with van der Waals surface area (Å²) in [6, 6.07) is 11.6. The third-order valence-corrected chi connectivity index (χ3v) is 6.56. The molecule has 3 aliphatic heterocycles. The fraction of sp³-hybridized carbons (Fsp3) is 0.429. The van der Waals surface area contributed by atoms with Crippen LogP contribution < -0.4 is 4.90 Å².